The van der Waals surface area contributed by atoms with E-state index in [4.69, 9.17) is 0 Å². The van der Waals surface area contributed by atoms with Gasteiger partial charge in [0.2, 0.25) is 0 Å². The van der Waals surface area contributed by atoms with Crippen molar-refractivity contribution in [2.75, 3.05) is 5.32 Å². The van der Waals surface area contributed by atoms with Crippen LogP contribution in [0, 0.1) is 0 Å². The molecule has 23 heavy (non-hydrogen) atoms. The van der Waals surface area contributed by atoms with Crippen molar-refractivity contribution in [3.63, 3.8) is 0 Å². The van der Waals surface area contributed by atoms with E-state index in [0.717, 1.165) is 26.5 Å². The monoisotopic (exact) mass is 337 g/mol. The Kier molecular flexibility index (Phi) is 3.61. The number of benzene rings is 1. The number of hydrogen-bond acceptors (Lipinski definition) is 5. The van der Waals surface area contributed by atoms with E-state index < -0.39 is 0 Å². The van der Waals surface area contributed by atoms with E-state index in [9.17, 15) is 4.79 Å². The van der Waals surface area contributed by atoms with Crippen molar-refractivity contribution in [1.29, 1.82) is 0 Å². The first-order chi connectivity index (χ1) is 11.3. The molecule has 0 aliphatic carbocycles. The fraction of sp³-hybridized carbons (Fsp3) is 0. The molecule has 4 rings (SSSR count). The Bertz CT molecular complexity index is 943. The van der Waals surface area contributed by atoms with Gasteiger partial charge in [0, 0.05) is 23.6 Å². The number of fused-ring (bicyclic) bond motifs is 1. The highest BCUT2D eigenvalue weighted by Gasteiger charge is 2.09. The number of rotatable bonds is 3. The molecule has 0 saturated carbocycles. The first-order valence-electron chi connectivity index (χ1n) is 6.95. The highest BCUT2D eigenvalue weighted by molar-refractivity contribution is 7.21. The first kappa shape index (κ1) is 14.0. The van der Waals surface area contributed by atoms with Gasteiger partial charge in [-0.2, -0.15) is 0 Å². The van der Waals surface area contributed by atoms with Crippen LogP contribution in [0.25, 0.3) is 20.8 Å². The van der Waals surface area contributed by atoms with E-state index in [0.29, 0.717) is 4.88 Å². The zero-order valence-corrected chi connectivity index (χ0v) is 13.5. The number of hydrogen-bond donors (Lipinski definition) is 1. The number of aromatic nitrogens is 2. The van der Waals surface area contributed by atoms with Crippen molar-refractivity contribution in [2.24, 2.45) is 0 Å². The molecule has 0 radical (unpaired) electrons. The number of carbonyl (C=O) groups excluding carboxylic acids is 1. The standard InChI is InChI=1S/C17H11N3OS2/c21-16(14-5-2-8-22-14)19-12-4-1-3-11(9-12)17-20-13-6-7-18-10-15(13)23-17/h1-10H,(H,19,21). The molecule has 3 heterocycles. The Hall–Kier alpha value is -2.57. The molecule has 0 aliphatic heterocycles. The summed E-state index contributed by atoms with van der Waals surface area (Å²) in [6.07, 6.45) is 3.56. The van der Waals surface area contributed by atoms with Gasteiger partial charge in [0.05, 0.1) is 15.1 Å². The lowest BCUT2D eigenvalue weighted by atomic mass is 10.2. The minimum Gasteiger partial charge on any atom is -0.321 e. The third-order valence-corrected chi connectivity index (χ3v) is 5.23. The molecule has 0 unspecified atom stereocenters. The molecule has 3 aromatic heterocycles. The van der Waals surface area contributed by atoms with Gasteiger partial charge in [0.15, 0.2) is 0 Å². The molecule has 112 valence electrons. The Morgan fingerprint density at radius 1 is 1.13 bits per heavy atom. The minimum atomic E-state index is -0.0920. The number of thiophene rings is 1. The summed E-state index contributed by atoms with van der Waals surface area (Å²) in [6, 6.07) is 13.3. The van der Waals surface area contributed by atoms with Crippen molar-refractivity contribution in [3.8, 4) is 10.6 Å². The van der Waals surface area contributed by atoms with Crippen molar-refractivity contribution >= 4 is 44.5 Å². The largest absolute Gasteiger partial charge is 0.321 e. The maximum absolute atomic E-state index is 12.1. The van der Waals surface area contributed by atoms with Gasteiger partial charge in [-0.3, -0.25) is 9.78 Å². The van der Waals surface area contributed by atoms with Crippen molar-refractivity contribution in [2.45, 2.75) is 0 Å². The van der Waals surface area contributed by atoms with Crippen molar-refractivity contribution in [1.82, 2.24) is 9.97 Å². The summed E-state index contributed by atoms with van der Waals surface area (Å²) in [4.78, 5) is 21.6. The second kappa shape index (κ2) is 5.91. The third-order valence-electron chi connectivity index (χ3n) is 3.30. The maximum Gasteiger partial charge on any atom is 0.265 e. The molecule has 0 atom stereocenters. The maximum atomic E-state index is 12.1. The molecule has 4 nitrogen and oxygen atoms in total. The number of carbonyl (C=O) groups is 1. The van der Waals surface area contributed by atoms with Crippen LogP contribution in [0.5, 0.6) is 0 Å². The Balaban J connectivity index is 1.64. The Morgan fingerprint density at radius 3 is 2.91 bits per heavy atom. The van der Waals surface area contributed by atoms with Crippen molar-refractivity contribution in [3.05, 3.63) is 65.1 Å². The highest BCUT2D eigenvalue weighted by atomic mass is 32.1. The lowest BCUT2D eigenvalue weighted by Gasteiger charge is -2.05. The van der Waals surface area contributed by atoms with Crippen LogP contribution in [0.15, 0.2) is 60.2 Å². The minimum absolute atomic E-state index is 0.0920. The van der Waals surface area contributed by atoms with Gasteiger partial charge in [-0.25, -0.2) is 4.98 Å². The number of nitrogens with one attached hydrogen (secondary N) is 1. The fourth-order valence-electron chi connectivity index (χ4n) is 2.23. The third kappa shape index (κ3) is 2.86. The highest BCUT2D eigenvalue weighted by Crippen LogP contribution is 2.30. The number of nitrogens with zero attached hydrogens (tertiary/aromatic N) is 2. The van der Waals surface area contributed by atoms with E-state index >= 15 is 0 Å². The van der Waals surface area contributed by atoms with Crippen LogP contribution in [0.3, 0.4) is 0 Å². The Morgan fingerprint density at radius 2 is 2.09 bits per heavy atom. The summed E-state index contributed by atoms with van der Waals surface area (Å²) in [7, 11) is 0. The molecule has 0 saturated heterocycles. The van der Waals surface area contributed by atoms with Gasteiger partial charge in [0.1, 0.15) is 5.01 Å². The number of pyridine rings is 1. The molecular formula is C17H11N3OS2. The summed E-state index contributed by atoms with van der Waals surface area (Å²) >= 11 is 3.02. The average Bonchev–Trinajstić information content (AvgIpc) is 3.24. The fourth-order valence-corrected chi connectivity index (χ4v) is 3.78. The molecule has 6 heteroatoms. The molecule has 1 N–H and O–H groups in total. The first-order valence-corrected chi connectivity index (χ1v) is 8.65. The van der Waals surface area contributed by atoms with Crippen molar-refractivity contribution < 1.29 is 4.79 Å². The molecule has 4 aromatic rings. The lowest BCUT2D eigenvalue weighted by molar-refractivity contribution is 0.103. The summed E-state index contributed by atoms with van der Waals surface area (Å²) in [5, 5.41) is 5.73. The van der Waals surface area contributed by atoms with Crippen LogP contribution in [-0.2, 0) is 0 Å². The zero-order chi connectivity index (χ0) is 15.6. The van der Waals surface area contributed by atoms with E-state index in [1.807, 2.05) is 54.0 Å². The summed E-state index contributed by atoms with van der Waals surface area (Å²) in [6.45, 7) is 0. The average molecular weight is 337 g/mol. The molecule has 0 bridgehead atoms. The van der Waals surface area contributed by atoms with Crippen LogP contribution in [0.2, 0.25) is 0 Å². The number of thiazole rings is 1. The summed E-state index contributed by atoms with van der Waals surface area (Å²) in [5.41, 5.74) is 2.68. The van der Waals surface area contributed by atoms with Gasteiger partial charge < -0.3 is 5.32 Å². The SMILES string of the molecule is O=C(Nc1cccc(-c2nc3ccncc3s2)c1)c1cccs1. The second-order valence-electron chi connectivity index (χ2n) is 4.87. The molecule has 1 aromatic carbocycles. The van der Waals surface area contributed by atoms with E-state index in [1.165, 1.54) is 11.3 Å². The van der Waals surface area contributed by atoms with Gasteiger partial charge in [-0.05, 0) is 29.6 Å². The molecular weight excluding hydrogens is 326 g/mol. The zero-order valence-electron chi connectivity index (χ0n) is 11.9. The topological polar surface area (TPSA) is 54.9 Å². The van der Waals surface area contributed by atoms with E-state index in [-0.39, 0.29) is 5.91 Å². The van der Waals surface area contributed by atoms with Crippen LogP contribution in [0.1, 0.15) is 9.67 Å². The molecule has 0 spiro atoms. The van der Waals surface area contributed by atoms with Gasteiger partial charge >= 0.3 is 0 Å². The predicted octanol–water partition coefficient (Wildman–Crippen LogP) is 4.67. The van der Waals surface area contributed by atoms with Crippen LogP contribution in [-0.4, -0.2) is 15.9 Å². The second-order valence-corrected chi connectivity index (χ2v) is 6.85. The molecule has 0 fully saturated rings. The van der Waals surface area contributed by atoms with E-state index in [2.05, 4.69) is 15.3 Å². The Labute approximate surface area is 140 Å². The molecule has 0 aliphatic rings. The number of anilines is 1. The smallest absolute Gasteiger partial charge is 0.265 e. The van der Waals surface area contributed by atoms with Crippen LogP contribution < -0.4 is 5.32 Å². The summed E-state index contributed by atoms with van der Waals surface area (Å²) < 4.78 is 1.05. The number of amides is 1. The van der Waals surface area contributed by atoms with E-state index in [1.54, 1.807) is 17.5 Å². The normalized spacial score (nSPS) is 10.8. The summed E-state index contributed by atoms with van der Waals surface area (Å²) in [5.74, 6) is -0.0920. The van der Waals surface area contributed by atoms with Gasteiger partial charge in [-0.1, -0.05) is 18.2 Å². The quantitative estimate of drug-likeness (QED) is 0.591. The van der Waals surface area contributed by atoms with Crippen LogP contribution >= 0.6 is 22.7 Å². The van der Waals surface area contributed by atoms with Gasteiger partial charge in [0.25, 0.3) is 5.91 Å². The predicted molar refractivity (Wildman–Crippen MR) is 95.1 cm³/mol. The lowest BCUT2D eigenvalue weighted by Crippen LogP contribution is -2.09. The van der Waals surface area contributed by atoms with Crippen LogP contribution in [0.4, 0.5) is 5.69 Å². The van der Waals surface area contributed by atoms with Gasteiger partial charge in [-0.15, -0.1) is 22.7 Å². The molecule has 1 amide bonds.